The molecule has 9 rings (SSSR count). The molecule has 1 heterocycles. The van der Waals surface area contributed by atoms with Crippen molar-refractivity contribution in [2.75, 3.05) is 4.90 Å². The fourth-order valence-electron chi connectivity index (χ4n) is 7.63. The Morgan fingerprint density at radius 3 is 1.37 bits per heavy atom. The summed E-state index contributed by atoms with van der Waals surface area (Å²) < 4.78 is 2.66. The van der Waals surface area contributed by atoms with E-state index < -0.39 is 0 Å². The molecule has 9 aromatic rings. The Bertz CT molecular complexity index is 2700. The number of hydrogen-bond acceptors (Lipinski definition) is 2. The monoisotopic (exact) mass is 711 g/mol. The highest BCUT2D eigenvalue weighted by atomic mass is 32.1. The van der Waals surface area contributed by atoms with Gasteiger partial charge in [-0.2, -0.15) is 0 Å². The topological polar surface area (TPSA) is 3.24 Å². The SMILES string of the molecule is CC(C)(C)c1ccc(-c2ccccc2)cc1-c1ccc(N(c2ccc(-c3ccccc3)cc2)c2ccc(-c3ccc4sc5ccccc5c4c3)cc2)cc1. The highest BCUT2D eigenvalue weighted by Crippen LogP contribution is 2.41. The number of nitrogens with zero attached hydrogens (tertiary/aromatic N) is 1. The van der Waals surface area contributed by atoms with Gasteiger partial charge in [-0.1, -0.05) is 154 Å². The second-order valence-corrected chi connectivity index (χ2v) is 16.1. The van der Waals surface area contributed by atoms with E-state index in [9.17, 15) is 0 Å². The third kappa shape index (κ3) is 6.51. The summed E-state index contributed by atoms with van der Waals surface area (Å²) in [5, 5.41) is 2.65. The van der Waals surface area contributed by atoms with Crippen LogP contribution < -0.4 is 4.90 Å². The summed E-state index contributed by atoms with van der Waals surface area (Å²) in [6.45, 7) is 6.90. The van der Waals surface area contributed by atoms with Gasteiger partial charge in [0.15, 0.2) is 0 Å². The molecule has 0 aliphatic rings. The molecule has 0 saturated heterocycles. The first-order chi connectivity index (χ1) is 26.4. The Hall–Kier alpha value is -6.22. The zero-order valence-electron chi connectivity index (χ0n) is 30.8. The van der Waals surface area contributed by atoms with Crippen molar-refractivity contribution in [3.8, 4) is 44.5 Å². The second-order valence-electron chi connectivity index (χ2n) is 15.0. The molecule has 0 unspecified atom stereocenters. The summed E-state index contributed by atoms with van der Waals surface area (Å²) in [4.78, 5) is 2.36. The maximum absolute atomic E-state index is 2.36. The van der Waals surface area contributed by atoms with E-state index in [1.54, 1.807) is 0 Å². The first-order valence-electron chi connectivity index (χ1n) is 18.7. The molecular weight excluding hydrogens is 671 g/mol. The van der Waals surface area contributed by atoms with Gasteiger partial charge in [0, 0.05) is 37.2 Å². The molecule has 8 aromatic carbocycles. The third-order valence-electron chi connectivity index (χ3n) is 10.4. The molecular formula is C52H41NS. The Morgan fingerprint density at radius 1 is 0.352 bits per heavy atom. The fourth-order valence-corrected chi connectivity index (χ4v) is 8.71. The number of anilines is 3. The van der Waals surface area contributed by atoms with Crippen LogP contribution in [0.1, 0.15) is 26.3 Å². The predicted octanol–water partition coefficient (Wildman–Crippen LogP) is 15.5. The molecule has 0 saturated carbocycles. The molecule has 0 spiro atoms. The summed E-state index contributed by atoms with van der Waals surface area (Å²) in [6.07, 6.45) is 0. The highest BCUT2D eigenvalue weighted by molar-refractivity contribution is 7.25. The van der Waals surface area contributed by atoms with Crippen molar-refractivity contribution < 1.29 is 0 Å². The molecule has 0 aliphatic carbocycles. The normalized spacial score (nSPS) is 11.6. The number of rotatable bonds is 7. The zero-order chi connectivity index (χ0) is 36.6. The first-order valence-corrected chi connectivity index (χ1v) is 19.5. The van der Waals surface area contributed by atoms with Gasteiger partial charge in [-0.3, -0.25) is 0 Å². The summed E-state index contributed by atoms with van der Waals surface area (Å²) in [5.74, 6) is 0. The van der Waals surface area contributed by atoms with Gasteiger partial charge in [0.1, 0.15) is 0 Å². The van der Waals surface area contributed by atoms with E-state index in [0.717, 1.165) is 17.1 Å². The summed E-state index contributed by atoms with van der Waals surface area (Å²) in [5.41, 5.74) is 14.5. The van der Waals surface area contributed by atoms with Crippen LogP contribution in [-0.4, -0.2) is 0 Å². The van der Waals surface area contributed by atoms with Crippen molar-refractivity contribution in [3.05, 3.63) is 200 Å². The predicted molar refractivity (Wildman–Crippen MR) is 234 cm³/mol. The lowest BCUT2D eigenvalue weighted by molar-refractivity contribution is 0.592. The lowest BCUT2D eigenvalue weighted by atomic mass is 9.80. The molecule has 0 N–H and O–H groups in total. The van der Waals surface area contributed by atoms with Crippen LogP contribution in [-0.2, 0) is 5.41 Å². The van der Waals surface area contributed by atoms with Crippen molar-refractivity contribution in [1.82, 2.24) is 0 Å². The molecule has 0 fully saturated rings. The van der Waals surface area contributed by atoms with Gasteiger partial charge in [0.25, 0.3) is 0 Å². The maximum atomic E-state index is 2.36. The van der Waals surface area contributed by atoms with Gasteiger partial charge in [0.05, 0.1) is 0 Å². The van der Waals surface area contributed by atoms with E-state index in [-0.39, 0.29) is 5.41 Å². The summed E-state index contributed by atoms with van der Waals surface area (Å²) in [7, 11) is 0. The first kappa shape index (κ1) is 33.6. The molecule has 54 heavy (non-hydrogen) atoms. The fraction of sp³-hybridized carbons (Fsp3) is 0.0769. The molecule has 0 amide bonds. The minimum atomic E-state index is -0.00143. The van der Waals surface area contributed by atoms with Crippen LogP contribution in [0.4, 0.5) is 17.1 Å². The van der Waals surface area contributed by atoms with Crippen molar-refractivity contribution in [2.45, 2.75) is 26.2 Å². The van der Waals surface area contributed by atoms with Crippen LogP contribution >= 0.6 is 11.3 Å². The molecule has 0 radical (unpaired) electrons. The van der Waals surface area contributed by atoms with Crippen molar-refractivity contribution in [3.63, 3.8) is 0 Å². The molecule has 260 valence electrons. The van der Waals surface area contributed by atoms with Crippen LogP contribution in [0.3, 0.4) is 0 Å². The quantitative estimate of drug-likeness (QED) is 0.159. The largest absolute Gasteiger partial charge is 0.311 e. The van der Waals surface area contributed by atoms with Gasteiger partial charge < -0.3 is 4.90 Å². The Morgan fingerprint density at radius 2 is 0.778 bits per heavy atom. The molecule has 0 bridgehead atoms. The Labute approximate surface area is 322 Å². The van der Waals surface area contributed by atoms with E-state index in [0.29, 0.717) is 0 Å². The summed E-state index contributed by atoms with van der Waals surface area (Å²) in [6, 6.07) is 70.8. The molecule has 0 aliphatic heterocycles. The zero-order valence-corrected chi connectivity index (χ0v) is 31.6. The van der Waals surface area contributed by atoms with Gasteiger partial charge in [-0.15, -0.1) is 11.3 Å². The minimum Gasteiger partial charge on any atom is -0.311 e. The minimum absolute atomic E-state index is 0.00143. The Balaban J connectivity index is 1.11. The number of hydrogen-bond donors (Lipinski definition) is 0. The van der Waals surface area contributed by atoms with Gasteiger partial charge in [-0.05, 0) is 116 Å². The van der Waals surface area contributed by atoms with E-state index in [2.05, 4.69) is 220 Å². The van der Waals surface area contributed by atoms with Crippen LogP contribution in [0, 0.1) is 0 Å². The average molecular weight is 712 g/mol. The smallest absolute Gasteiger partial charge is 0.0462 e. The van der Waals surface area contributed by atoms with Crippen LogP contribution in [0.25, 0.3) is 64.7 Å². The highest BCUT2D eigenvalue weighted by Gasteiger charge is 2.21. The molecule has 2 heteroatoms. The van der Waals surface area contributed by atoms with E-state index in [1.807, 2.05) is 11.3 Å². The van der Waals surface area contributed by atoms with Crippen molar-refractivity contribution in [1.29, 1.82) is 0 Å². The number of thiophene rings is 1. The third-order valence-corrected chi connectivity index (χ3v) is 11.6. The molecule has 0 atom stereocenters. The lowest BCUT2D eigenvalue weighted by Crippen LogP contribution is -2.13. The van der Waals surface area contributed by atoms with Crippen LogP contribution in [0.15, 0.2) is 194 Å². The number of fused-ring (bicyclic) bond motifs is 3. The summed E-state index contributed by atoms with van der Waals surface area (Å²) >= 11 is 1.86. The second kappa shape index (κ2) is 14.0. The molecule has 1 aromatic heterocycles. The number of benzene rings is 8. The van der Waals surface area contributed by atoms with Crippen molar-refractivity contribution >= 4 is 48.6 Å². The van der Waals surface area contributed by atoms with Crippen LogP contribution in [0.2, 0.25) is 0 Å². The van der Waals surface area contributed by atoms with E-state index in [1.165, 1.54) is 70.2 Å². The van der Waals surface area contributed by atoms with E-state index in [4.69, 9.17) is 0 Å². The van der Waals surface area contributed by atoms with E-state index >= 15 is 0 Å². The molecule has 1 nitrogen and oxygen atoms in total. The standard InChI is InChI=1S/C52H41NS/c1-52(2,3)49-32-24-41(37-14-8-5-9-15-37)34-47(49)40-22-30-45(31-23-40)53(43-26-18-38(19-27-43)36-12-6-4-7-13-36)44-28-20-39(21-29-44)42-25-33-51-48(35-42)46-16-10-11-17-50(46)54-51/h4-35H,1-3H3. The van der Waals surface area contributed by atoms with Gasteiger partial charge in [0.2, 0.25) is 0 Å². The van der Waals surface area contributed by atoms with Gasteiger partial charge in [-0.25, -0.2) is 0 Å². The maximum Gasteiger partial charge on any atom is 0.0462 e. The van der Waals surface area contributed by atoms with Crippen molar-refractivity contribution in [2.24, 2.45) is 0 Å². The Kier molecular flexibility index (Phi) is 8.69. The average Bonchev–Trinajstić information content (AvgIpc) is 3.60. The lowest BCUT2D eigenvalue weighted by Gasteiger charge is -2.27. The van der Waals surface area contributed by atoms with Crippen LogP contribution in [0.5, 0.6) is 0 Å². The van der Waals surface area contributed by atoms with Gasteiger partial charge >= 0.3 is 0 Å².